The zero-order valence-electron chi connectivity index (χ0n) is 15.0. The van der Waals surface area contributed by atoms with Crippen molar-refractivity contribution in [2.75, 3.05) is 0 Å². The number of carbonyl (C=O) groups excluding carboxylic acids is 2. The van der Waals surface area contributed by atoms with Crippen LogP contribution in [0.25, 0.3) is 16.8 Å². The topological polar surface area (TPSA) is 70.2 Å². The number of fused-ring (bicyclic) bond motifs is 1. The summed E-state index contributed by atoms with van der Waals surface area (Å²) in [5.74, 6) is -0.641. The van der Waals surface area contributed by atoms with Crippen LogP contribution in [0, 0.1) is 0 Å². The van der Waals surface area contributed by atoms with Crippen LogP contribution in [0.2, 0.25) is 0 Å². The van der Waals surface area contributed by atoms with E-state index in [-0.39, 0.29) is 23.3 Å². The Labute approximate surface area is 168 Å². The number of amides is 2. The fourth-order valence-electron chi connectivity index (χ4n) is 2.71. The van der Waals surface area contributed by atoms with Crippen LogP contribution in [0.1, 0.15) is 11.1 Å². The lowest BCUT2D eigenvalue weighted by Gasteiger charge is -2.11. The van der Waals surface area contributed by atoms with Crippen LogP contribution in [0.5, 0.6) is 0 Å². The van der Waals surface area contributed by atoms with E-state index in [4.69, 9.17) is 12.2 Å². The Morgan fingerprint density at radius 3 is 2.39 bits per heavy atom. The zero-order valence-corrected chi connectivity index (χ0v) is 15.8. The monoisotopic (exact) mass is 389 g/mol. The summed E-state index contributed by atoms with van der Waals surface area (Å²) in [6.07, 6.45) is 3.25. The standard InChI is InChI=1S/C22H19N3O2S/c26-20(14-13-16-7-2-1-3-8-16)23-22(28)25-24-21(27)15-18-11-6-10-17-9-4-5-12-19(17)18/h1-14H,15H2,(H,24,27)(H2,23,25,26,28). The van der Waals surface area contributed by atoms with E-state index in [1.807, 2.05) is 72.8 Å². The maximum Gasteiger partial charge on any atom is 0.250 e. The minimum atomic E-state index is -0.385. The predicted molar refractivity (Wildman–Crippen MR) is 115 cm³/mol. The summed E-state index contributed by atoms with van der Waals surface area (Å²) in [6.45, 7) is 0. The van der Waals surface area contributed by atoms with E-state index < -0.39 is 0 Å². The van der Waals surface area contributed by atoms with Gasteiger partial charge in [0.25, 0.3) is 0 Å². The molecule has 3 aromatic carbocycles. The molecule has 0 radical (unpaired) electrons. The van der Waals surface area contributed by atoms with Gasteiger partial charge in [-0.2, -0.15) is 0 Å². The Bertz CT molecular complexity index is 1030. The molecule has 0 spiro atoms. The minimum absolute atomic E-state index is 0.0222. The third-order valence-corrected chi connectivity index (χ3v) is 4.21. The number of benzene rings is 3. The second kappa shape index (κ2) is 9.43. The predicted octanol–water partition coefficient (Wildman–Crippen LogP) is 3.12. The Balaban J connectivity index is 1.48. The van der Waals surface area contributed by atoms with Crippen molar-refractivity contribution in [1.29, 1.82) is 0 Å². The van der Waals surface area contributed by atoms with E-state index in [2.05, 4.69) is 16.2 Å². The molecule has 0 heterocycles. The second-order valence-corrected chi connectivity index (χ2v) is 6.46. The van der Waals surface area contributed by atoms with Crippen LogP contribution in [-0.4, -0.2) is 16.9 Å². The van der Waals surface area contributed by atoms with Crippen LogP contribution >= 0.6 is 12.2 Å². The number of thiocarbonyl (C=S) groups is 1. The molecule has 0 fully saturated rings. The van der Waals surface area contributed by atoms with Gasteiger partial charge in [-0.25, -0.2) is 0 Å². The van der Waals surface area contributed by atoms with E-state index in [1.165, 1.54) is 6.08 Å². The number of hydrogen-bond acceptors (Lipinski definition) is 3. The molecule has 140 valence electrons. The molecule has 0 aliphatic rings. The molecule has 2 amide bonds. The maximum absolute atomic E-state index is 12.2. The molecule has 0 bridgehead atoms. The van der Waals surface area contributed by atoms with Gasteiger partial charge in [-0.3, -0.25) is 25.8 Å². The first kappa shape index (κ1) is 19.3. The first-order chi connectivity index (χ1) is 13.6. The highest BCUT2D eigenvalue weighted by Gasteiger charge is 2.08. The van der Waals surface area contributed by atoms with Gasteiger partial charge in [-0.1, -0.05) is 72.8 Å². The molecular weight excluding hydrogens is 370 g/mol. The molecule has 0 aromatic heterocycles. The number of rotatable bonds is 4. The number of hydrogen-bond donors (Lipinski definition) is 3. The van der Waals surface area contributed by atoms with Gasteiger partial charge in [-0.05, 0) is 40.2 Å². The molecule has 28 heavy (non-hydrogen) atoms. The molecule has 0 aliphatic heterocycles. The summed E-state index contributed by atoms with van der Waals surface area (Å²) in [6, 6.07) is 23.2. The first-order valence-electron chi connectivity index (χ1n) is 8.71. The molecule has 3 aromatic rings. The lowest BCUT2D eigenvalue weighted by Crippen LogP contribution is -2.48. The van der Waals surface area contributed by atoms with Gasteiger partial charge in [-0.15, -0.1) is 0 Å². The SMILES string of the molecule is O=C(C=Cc1ccccc1)NC(=S)NNC(=O)Cc1cccc2ccccc12. The molecule has 3 rings (SSSR count). The van der Waals surface area contributed by atoms with Gasteiger partial charge < -0.3 is 0 Å². The van der Waals surface area contributed by atoms with E-state index >= 15 is 0 Å². The van der Waals surface area contributed by atoms with Crippen molar-refractivity contribution in [3.8, 4) is 0 Å². The van der Waals surface area contributed by atoms with Gasteiger partial charge in [0.2, 0.25) is 11.8 Å². The van der Waals surface area contributed by atoms with Crippen LogP contribution in [0.3, 0.4) is 0 Å². The molecule has 3 N–H and O–H groups in total. The zero-order chi connectivity index (χ0) is 19.8. The van der Waals surface area contributed by atoms with Crippen molar-refractivity contribution in [3.63, 3.8) is 0 Å². The van der Waals surface area contributed by atoms with E-state index in [0.717, 1.165) is 21.9 Å². The van der Waals surface area contributed by atoms with Crippen molar-refractivity contribution >= 4 is 46.0 Å². The average molecular weight is 389 g/mol. The highest BCUT2D eigenvalue weighted by molar-refractivity contribution is 7.80. The van der Waals surface area contributed by atoms with Crippen molar-refractivity contribution < 1.29 is 9.59 Å². The molecule has 0 atom stereocenters. The van der Waals surface area contributed by atoms with Gasteiger partial charge in [0.05, 0.1) is 6.42 Å². The summed E-state index contributed by atoms with van der Waals surface area (Å²) < 4.78 is 0. The fraction of sp³-hybridized carbons (Fsp3) is 0.0455. The van der Waals surface area contributed by atoms with Crippen molar-refractivity contribution in [3.05, 3.63) is 90.0 Å². The largest absolute Gasteiger partial charge is 0.298 e. The van der Waals surface area contributed by atoms with Gasteiger partial charge in [0.1, 0.15) is 0 Å². The van der Waals surface area contributed by atoms with Crippen LogP contribution in [-0.2, 0) is 16.0 Å². The Hall–Kier alpha value is -3.51. The normalized spacial score (nSPS) is 10.6. The van der Waals surface area contributed by atoms with Gasteiger partial charge in [0, 0.05) is 6.08 Å². The number of hydrazine groups is 1. The summed E-state index contributed by atoms with van der Waals surface area (Å²) in [4.78, 5) is 24.1. The third kappa shape index (κ3) is 5.49. The third-order valence-electron chi connectivity index (χ3n) is 4.01. The Morgan fingerprint density at radius 1 is 0.857 bits per heavy atom. The first-order valence-corrected chi connectivity index (χ1v) is 9.12. The van der Waals surface area contributed by atoms with E-state index in [9.17, 15) is 9.59 Å². The Kier molecular flexibility index (Phi) is 6.49. The van der Waals surface area contributed by atoms with Crippen molar-refractivity contribution in [1.82, 2.24) is 16.2 Å². The van der Waals surface area contributed by atoms with E-state index in [0.29, 0.717) is 0 Å². The average Bonchev–Trinajstić information content (AvgIpc) is 2.72. The highest BCUT2D eigenvalue weighted by Crippen LogP contribution is 2.18. The lowest BCUT2D eigenvalue weighted by molar-refractivity contribution is -0.121. The summed E-state index contributed by atoms with van der Waals surface area (Å²) >= 11 is 5.03. The van der Waals surface area contributed by atoms with Crippen LogP contribution < -0.4 is 16.2 Å². The number of nitrogens with one attached hydrogen (secondary N) is 3. The molecule has 5 nitrogen and oxygen atoms in total. The van der Waals surface area contributed by atoms with E-state index in [1.54, 1.807) is 6.08 Å². The molecule has 6 heteroatoms. The molecule has 0 saturated heterocycles. The van der Waals surface area contributed by atoms with Crippen LogP contribution in [0.4, 0.5) is 0 Å². The minimum Gasteiger partial charge on any atom is -0.298 e. The molecule has 0 unspecified atom stereocenters. The Morgan fingerprint density at radius 2 is 1.57 bits per heavy atom. The molecule has 0 saturated carbocycles. The maximum atomic E-state index is 12.2. The fourth-order valence-corrected chi connectivity index (χ4v) is 2.86. The second-order valence-electron chi connectivity index (χ2n) is 6.05. The molecular formula is C22H19N3O2S. The lowest BCUT2D eigenvalue weighted by atomic mass is 10.0. The smallest absolute Gasteiger partial charge is 0.250 e. The van der Waals surface area contributed by atoms with Crippen LogP contribution in [0.15, 0.2) is 78.9 Å². The highest BCUT2D eigenvalue weighted by atomic mass is 32.1. The van der Waals surface area contributed by atoms with Crippen molar-refractivity contribution in [2.24, 2.45) is 0 Å². The summed E-state index contributed by atoms with van der Waals surface area (Å²) in [5.41, 5.74) is 6.87. The summed E-state index contributed by atoms with van der Waals surface area (Å²) in [5, 5.41) is 4.61. The van der Waals surface area contributed by atoms with Crippen molar-refractivity contribution in [2.45, 2.75) is 6.42 Å². The van der Waals surface area contributed by atoms with Gasteiger partial charge >= 0.3 is 0 Å². The quantitative estimate of drug-likeness (QED) is 0.364. The summed E-state index contributed by atoms with van der Waals surface area (Å²) in [7, 11) is 0. The number of carbonyl (C=O) groups is 2. The molecule has 0 aliphatic carbocycles. The van der Waals surface area contributed by atoms with Gasteiger partial charge in [0.15, 0.2) is 5.11 Å².